The van der Waals surface area contributed by atoms with Crippen LogP contribution in [-0.4, -0.2) is 34.3 Å². The van der Waals surface area contributed by atoms with E-state index < -0.39 is 11.1 Å². The number of aromatic nitrogens is 4. The van der Waals surface area contributed by atoms with Crippen molar-refractivity contribution in [2.45, 2.75) is 19.8 Å². The summed E-state index contributed by atoms with van der Waals surface area (Å²) in [5, 5.41) is 11.3. The third-order valence-electron chi connectivity index (χ3n) is 2.32. The largest absolute Gasteiger partial charge is 0.772 e. The second kappa shape index (κ2) is 4.15. The topological polar surface area (TPSA) is 86.1 Å². The molecule has 0 spiro atoms. The lowest BCUT2D eigenvalue weighted by molar-refractivity contribution is 0.530. The van der Waals surface area contributed by atoms with E-state index in [-0.39, 0.29) is 11.7 Å². The predicted octanol–water partition coefficient (Wildman–Crippen LogP) is 1.00. The van der Waals surface area contributed by atoms with Crippen LogP contribution in [0.15, 0.2) is 0 Å². The molecule has 0 aromatic carbocycles. The summed E-state index contributed by atoms with van der Waals surface area (Å²) in [6, 6.07) is 0. The number of fused-ring (bicyclic) bond motifs is 1. The molecule has 2 atom stereocenters. The maximum atomic E-state index is 10.6. The van der Waals surface area contributed by atoms with Crippen molar-refractivity contribution in [3.8, 4) is 0 Å². The van der Waals surface area contributed by atoms with Crippen LogP contribution >= 0.6 is 11.6 Å². The molecule has 0 aliphatic carbocycles. The maximum absolute atomic E-state index is 10.6. The van der Waals surface area contributed by atoms with Crippen molar-refractivity contribution in [2.75, 3.05) is 5.75 Å². The Bertz CT molecular complexity index is 549. The molecule has 0 bridgehead atoms. The number of hydrogen-bond donors (Lipinski definition) is 1. The first-order valence-corrected chi connectivity index (χ1v) is 6.28. The average Bonchev–Trinajstić information content (AvgIpc) is 2.68. The van der Waals surface area contributed by atoms with E-state index in [4.69, 9.17) is 11.6 Å². The minimum absolute atomic E-state index is 0.0104. The van der Waals surface area contributed by atoms with Gasteiger partial charge in [0, 0.05) is 11.7 Å². The Morgan fingerprint density at radius 3 is 2.94 bits per heavy atom. The average molecular weight is 262 g/mol. The Kier molecular flexibility index (Phi) is 3.00. The van der Waals surface area contributed by atoms with Crippen molar-refractivity contribution in [2.24, 2.45) is 0 Å². The zero-order valence-electron chi connectivity index (χ0n) is 8.73. The van der Waals surface area contributed by atoms with Crippen molar-refractivity contribution in [1.29, 1.82) is 0 Å². The molecule has 0 saturated heterocycles. The van der Waals surface area contributed by atoms with E-state index in [2.05, 4.69) is 15.3 Å². The van der Waals surface area contributed by atoms with Crippen LogP contribution in [-0.2, 0) is 11.1 Å². The van der Waals surface area contributed by atoms with E-state index in [1.807, 2.05) is 6.92 Å². The fourth-order valence-corrected chi connectivity index (χ4v) is 2.25. The summed E-state index contributed by atoms with van der Waals surface area (Å²) in [7, 11) is 0. The highest BCUT2D eigenvalue weighted by molar-refractivity contribution is 7.79. The molecule has 2 rings (SSSR count). The van der Waals surface area contributed by atoms with Crippen molar-refractivity contribution in [3.63, 3.8) is 0 Å². The number of rotatable bonds is 3. The van der Waals surface area contributed by atoms with Gasteiger partial charge in [0.1, 0.15) is 5.02 Å². The molecule has 88 valence electrons. The molecule has 0 aliphatic heterocycles. The predicted molar refractivity (Wildman–Crippen MR) is 59.3 cm³/mol. The van der Waals surface area contributed by atoms with Gasteiger partial charge in [-0.3, -0.25) is 9.31 Å². The zero-order valence-corrected chi connectivity index (χ0v) is 10.3. The maximum Gasteiger partial charge on any atom is 0.196 e. The Balaban J connectivity index is 2.45. The molecule has 1 N–H and O–H groups in total. The van der Waals surface area contributed by atoms with E-state index in [9.17, 15) is 8.76 Å². The van der Waals surface area contributed by atoms with E-state index in [0.717, 1.165) is 5.69 Å². The van der Waals surface area contributed by atoms with Gasteiger partial charge in [0.2, 0.25) is 0 Å². The quantitative estimate of drug-likeness (QED) is 0.835. The number of hydrogen-bond acceptors (Lipinski definition) is 4. The first kappa shape index (κ1) is 11.6. The van der Waals surface area contributed by atoms with Gasteiger partial charge < -0.3 is 4.55 Å². The first-order valence-electron chi connectivity index (χ1n) is 4.65. The summed E-state index contributed by atoms with van der Waals surface area (Å²) >= 11 is 3.89. The summed E-state index contributed by atoms with van der Waals surface area (Å²) in [6.07, 6.45) is 0. The van der Waals surface area contributed by atoms with E-state index in [1.54, 1.807) is 11.4 Å². The van der Waals surface area contributed by atoms with E-state index >= 15 is 0 Å². The Morgan fingerprint density at radius 1 is 1.62 bits per heavy atom. The van der Waals surface area contributed by atoms with Gasteiger partial charge >= 0.3 is 0 Å². The van der Waals surface area contributed by atoms with Crippen LogP contribution in [0.5, 0.6) is 0 Å². The molecule has 2 unspecified atom stereocenters. The van der Waals surface area contributed by atoms with Crippen molar-refractivity contribution < 1.29 is 8.76 Å². The number of aromatic amines is 1. The molecular formula is C8H10ClN4O2S-. The Morgan fingerprint density at radius 2 is 2.31 bits per heavy atom. The summed E-state index contributed by atoms with van der Waals surface area (Å²) in [6.45, 7) is 3.59. The van der Waals surface area contributed by atoms with Gasteiger partial charge in [-0.25, -0.2) is 4.52 Å². The van der Waals surface area contributed by atoms with Gasteiger partial charge in [0.05, 0.1) is 5.69 Å². The van der Waals surface area contributed by atoms with Crippen molar-refractivity contribution in [3.05, 3.63) is 16.5 Å². The van der Waals surface area contributed by atoms with Crippen LogP contribution in [0.1, 0.15) is 24.4 Å². The smallest absolute Gasteiger partial charge is 0.196 e. The molecule has 0 aliphatic rings. The van der Waals surface area contributed by atoms with Crippen LogP contribution in [0.3, 0.4) is 0 Å². The molecular weight excluding hydrogens is 252 g/mol. The van der Waals surface area contributed by atoms with E-state index in [1.165, 1.54) is 0 Å². The number of nitrogens with one attached hydrogen (secondary N) is 1. The number of H-pyrrole nitrogens is 1. The van der Waals surface area contributed by atoms with Crippen LogP contribution in [0.4, 0.5) is 0 Å². The van der Waals surface area contributed by atoms with Gasteiger partial charge in [0.15, 0.2) is 11.5 Å². The minimum atomic E-state index is -2.10. The second-order valence-corrected chi connectivity index (χ2v) is 4.96. The van der Waals surface area contributed by atoms with Crippen LogP contribution in [0.25, 0.3) is 5.65 Å². The highest BCUT2D eigenvalue weighted by atomic mass is 35.5. The summed E-state index contributed by atoms with van der Waals surface area (Å²) in [4.78, 5) is 0. The van der Waals surface area contributed by atoms with Gasteiger partial charge in [-0.05, 0) is 6.92 Å². The standard InChI is InChI=1S/C8H11ClN4O2S/c1-4(3-16(14)15)7-10-11-8-6(9)5(2)12-13(7)8/h4,12H,3H2,1-2H3,(H,14,15)/p-1. The number of aryl methyl sites for hydroxylation is 1. The SMILES string of the molecule is Cc1[nH]n2c(C(C)CS(=O)[O-])nnc2c1Cl. The zero-order chi connectivity index (χ0) is 11.9. The fraction of sp³-hybridized carbons (Fsp3) is 0.500. The third kappa shape index (κ3) is 1.85. The molecule has 6 nitrogen and oxygen atoms in total. The molecule has 0 radical (unpaired) electrons. The van der Waals surface area contributed by atoms with Gasteiger partial charge in [-0.1, -0.05) is 29.6 Å². The van der Waals surface area contributed by atoms with Gasteiger partial charge in [0.25, 0.3) is 0 Å². The van der Waals surface area contributed by atoms with Gasteiger partial charge in [-0.2, -0.15) is 0 Å². The highest BCUT2D eigenvalue weighted by Crippen LogP contribution is 2.23. The molecule has 2 aromatic heterocycles. The molecule has 2 heterocycles. The lowest BCUT2D eigenvalue weighted by atomic mass is 10.2. The molecule has 0 fully saturated rings. The lowest BCUT2D eigenvalue weighted by Gasteiger charge is -2.10. The monoisotopic (exact) mass is 261 g/mol. The molecule has 2 aromatic rings. The number of halogens is 1. The number of nitrogens with zero attached hydrogens (tertiary/aromatic N) is 3. The van der Waals surface area contributed by atoms with Crippen molar-refractivity contribution in [1.82, 2.24) is 19.8 Å². The molecule has 0 saturated carbocycles. The van der Waals surface area contributed by atoms with Crippen LogP contribution in [0, 0.1) is 6.92 Å². The molecule has 8 heteroatoms. The Labute approximate surface area is 99.3 Å². The lowest BCUT2D eigenvalue weighted by Crippen LogP contribution is -2.09. The normalized spacial score (nSPS) is 15.5. The third-order valence-corrected chi connectivity index (χ3v) is 3.54. The highest BCUT2D eigenvalue weighted by Gasteiger charge is 2.17. The van der Waals surface area contributed by atoms with Crippen LogP contribution < -0.4 is 0 Å². The fourth-order valence-electron chi connectivity index (χ4n) is 1.53. The Hall–Kier alpha value is -0.920. The molecule has 0 amide bonds. The van der Waals surface area contributed by atoms with Crippen molar-refractivity contribution >= 4 is 28.3 Å². The first-order chi connectivity index (χ1) is 7.50. The minimum Gasteiger partial charge on any atom is -0.772 e. The van der Waals surface area contributed by atoms with E-state index in [0.29, 0.717) is 16.5 Å². The second-order valence-electron chi connectivity index (χ2n) is 3.64. The summed E-state index contributed by atoms with van der Waals surface area (Å²) in [5.74, 6) is 0.341. The van der Waals surface area contributed by atoms with Gasteiger partial charge in [-0.15, -0.1) is 10.2 Å². The van der Waals surface area contributed by atoms with Crippen LogP contribution in [0.2, 0.25) is 5.02 Å². The molecule has 16 heavy (non-hydrogen) atoms. The summed E-state index contributed by atoms with van der Waals surface area (Å²) in [5.41, 5.74) is 1.31. The summed E-state index contributed by atoms with van der Waals surface area (Å²) < 4.78 is 22.9.